The lowest BCUT2D eigenvalue weighted by Gasteiger charge is -2.30. The standard InChI is InChI=1S/C19H18F3NO4/c1-12-18(25,19(20,21)22)27-17(14-8-10-15(26-2)11-9-14)23(12)16(24)13-6-4-3-5-7-13/h3-12,17,25H,1-2H3/t12-,17-,18?/m0/s1. The molecule has 0 aliphatic carbocycles. The van der Waals surface area contributed by atoms with Gasteiger partial charge in [-0.05, 0) is 31.2 Å². The Morgan fingerprint density at radius 1 is 1.15 bits per heavy atom. The Balaban J connectivity index is 2.05. The molecule has 2 aromatic rings. The number of benzene rings is 2. The van der Waals surface area contributed by atoms with Gasteiger partial charge in [0.05, 0.1) is 13.2 Å². The Kier molecular flexibility index (Phi) is 4.88. The number of hydrogen-bond donors (Lipinski definition) is 1. The van der Waals surface area contributed by atoms with Crippen LogP contribution in [0.3, 0.4) is 0 Å². The normalized spacial score (nSPS) is 25.5. The molecule has 0 aromatic heterocycles. The summed E-state index contributed by atoms with van der Waals surface area (Å²) < 4.78 is 50.6. The first-order valence-electron chi connectivity index (χ1n) is 8.17. The number of rotatable bonds is 3. The number of aliphatic hydroxyl groups is 1. The third-order valence-electron chi connectivity index (χ3n) is 4.59. The summed E-state index contributed by atoms with van der Waals surface area (Å²) in [4.78, 5) is 13.8. The minimum absolute atomic E-state index is 0.192. The molecule has 1 saturated heterocycles. The second-order valence-electron chi connectivity index (χ2n) is 6.19. The van der Waals surface area contributed by atoms with Crippen molar-refractivity contribution in [3.63, 3.8) is 0 Å². The van der Waals surface area contributed by atoms with Crippen molar-refractivity contribution in [2.24, 2.45) is 0 Å². The van der Waals surface area contributed by atoms with Gasteiger partial charge in [0.25, 0.3) is 11.7 Å². The smallest absolute Gasteiger partial charge is 0.445 e. The Morgan fingerprint density at radius 2 is 1.74 bits per heavy atom. The summed E-state index contributed by atoms with van der Waals surface area (Å²) in [6, 6.07) is 12.3. The molecule has 144 valence electrons. The van der Waals surface area contributed by atoms with Crippen LogP contribution in [0.15, 0.2) is 54.6 Å². The van der Waals surface area contributed by atoms with Gasteiger partial charge in [-0.15, -0.1) is 0 Å². The van der Waals surface area contributed by atoms with E-state index in [1.54, 1.807) is 30.3 Å². The number of hydrogen-bond acceptors (Lipinski definition) is 4. The Bertz CT molecular complexity index is 810. The molecule has 3 rings (SSSR count). The molecule has 1 fully saturated rings. The highest BCUT2D eigenvalue weighted by atomic mass is 19.4. The van der Waals surface area contributed by atoms with Crippen LogP contribution in [0.1, 0.15) is 29.1 Å². The van der Waals surface area contributed by atoms with Gasteiger partial charge in [0.15, 0.2) is 6.23 Å². The maximum atomic E-state index is 13.5. The topological polar surface area (TPSA) is 59.0 Å². The quantitative estimate of drug-likeness (QED) is 0.884. The summed E-state index contributed by atoms with van der Waals surface area (Å²) in [7, 11) is 1.46. The summed E-state index contributed by atoms with van der Waals surface area (Å²) in [5.74, 6) is -3.66. The monoisotopic (exact) mass is 381 g/mol. The molecule has 1 heterocycles. The fourth-order valence-electron chi connectivity index (χ4n) is 3.03. The largest absolute Gasteiger partial charge is 0.497 e. The average Bonchev–Trinajstić information content (AvgIpc) is 2.94. The van der Waals surface area contributed by atoms with E-state index in [0.29, 0.717) is 5.75 Å². The minimum atomic E-state index is -5.08. The van der Waals surface area contributed by atoms with Crippen LogP contribution in [0.4, 0.5) is 13.2 Å². The van der Waals surface area contributed by atoms with Gasteiger partial charge in [-0.25, -0.2) is 0 Å². The highest BCUT2D eigenvalue weighted by Gasteiger charge is 2.67. The predicted octanol–water partition coefficient (Wildman–Crippen LogP) is 3.51. The molecule has 1 aliphatic rings. The predicted molar refractivity (Wildman–Crippen MR) is 89.9 cm³/mol. The minimum Gasteiger partial charge on any atom is -0.497 e. The molecular formula is C19H18F3NO4. The number of carbonyl (C=O) groups is 1. The number of alkyl halides is 3. The van der Waals surface area contributed by atoms with Crippen molar-refractivity contribution < 1.29 is 32.5 Å². The van der Waals surface area contributed by atoms with E-state index in [1.165, 1.54) is 31.4 Å². The van der Waals surface area contributed by atoms with Crippen LogP contribution in [0.25, 0.3) is 0 Å². The Hall–Kier alpha value is -2.58. The molecule has 0 bridgehead atoms. The zero-order valence-electron chi connectivity index (χ0n) is 14.6. The van der Waals surface area contributed by atoms with Crippen molar-refractivity contribution >= 4 is 5.91 Å². The first-order chi connectivity index (χ1) is 12.7. The Morgan fingerprint density at radius 3 is 2.26 bits per heavy atom. The molecule has 3 atom stereocenters. The lowest BCUT2D eigenvalue weighted by atomic mass is 10.1. The fraction of sp³-hybridized carbons (Fsp3) is 0.316. The summed E-state index contributed by atoms with van der Waals surface area (Å²) in [5, 5.41) is 10.2. The van der Waals surface area contributed by atoms with Crippen LogP contribution < -0.4 is 4.74 Å². The number of methoxy groups -OCH3 is 1. The van der Waals surface area contributed by atoms with E-state index in [9.17, 15) is 23.1 Å². The average molecular weight is 381 g/mol. The molecule has 1 aliphatic heterocycles. The number of carbonyl (C=O) groups excluding carboxylic acids is 1. The second-order valence-corrected chi connectivity index (χ2v) is 6.19. The third-order valence-corrected chi connectivity index (χ3v) is 4.59. The van der Waals surface area contributed by atoms with Crippen molar-refractivity contribution in [2.45, 2.75) is 31.2 Å². The van der Waals surface area contributed by atoms with E-state index in [1.807, 2.05) is 0 Å². The van der Waals surface area contributed by atoms with Gasteiger partial charge in [-0.2, -0.15) is 13.2 Å². The van der Waals surface area contributed by atoms with Crippen molar-refractivity contribution in [1.82, 2.24) is 4.90 Å². The molecule has 27 heavy (non-hydrogen) atoms. The number of halogens is 3. The van der Waals surface area contributed by atoms with Gasteiger partial charge in [0.2, 0.25) is 0 Å². The van der Waals surface area contributed by atoms with Crippen LogP contribution in [0.5, 0.6) is 5.75 Å². The third kappa shape index (κ3) is 3.26. The van der Waals surface area contributed by atoms with E-state index in [-0.39, 0.29) is 11.1 Å². The van der Waals surface area contributed by atoms with Gasteiger partial charge >= 0.3 is 6.18 Å². The second kappa shape index (κ2) is 6.86. The lowest BCUT2D eigenvalue weighted by Crippen LogP contribution is -2.55. The summed E-state index contributed by atoms with van der Waals surface area (Å²) in [6.07, 6.45) is -6.49. The first-order valence-corrected chi connectivity index (χ1v) is 8.17. The molecule has 5 nitrogen and oxygen atoms in total. The summed E-state index contributed by atoms with van der Waals surface area (Å²) in [5.41, 5.74) is 0.477. The van der Waals surface area contributed by atoms with E-state index >= 15 is 0 Å². The first kappa shape index (κ1) is 19.2. The van der Waals surface area contributed by atoms with Crippen LogP contribution >= 0.6 is 0 Å². The molecule has 0 spiro atoms. The van der Waals surface area contributed by atoms with Crippen LogP contribution in [-0.4, -0.2) is 41.0 Å². The maximum Gasteiger partial charge on any atom is 0.445 e. The number of amides is 1. The molecule has 0 saturated carbocycles. The van der Waals surface area contributed by atoms with Crippen molar-refractivity contribution in [3.05, 3.63) is 65.7 Å². The van der Waals surface area contributed by atoms with Crippen molar-refractivity contribution in [2.75, 3.05) is 7.11 Å². The van der Waals surface area contributed by atoms with Gasteiger partial charge in [0.1, 0.15) is 5.75 Å². The van der Waals surface area contributed by atoms with Gasteiger partial charge < -0.3 is 14.6 Å². The van der Waals surface area contributed by atoms with Gasteiger partial charge in [0, 0.05) is 11.1 Å². The number of ether oxygens (including phenoxy) is 2. The van der Waals surface area contributed by atoms with Crippen LogP contribution in [0, 0.1) is 0 Å². The zero-order chi connectivity index (χ0) is 19.8. The van der Waals surface area contributed by atoms with E-state index < -0.39 is 30.1 Å². The Labute approximate surface area is 153 Å². The van der Waals surface area contributed by atoms with Gasteiger partial charge in [-0.1, -0.05) is 30.3 Å². The molecule has 1 amide bonds. The number of nitrogens with zero attached hydrogens (tertiary/aromatic N) is 1. The highest BCUT2D eigenvalue weighted by molar-refractivity contribution is 5.94. The SMILES string of the molecule is COc1ccc([C@@H]2OC(O)(C(F)(F)F)[C@H](C)N2C(=O)c2ccccc2)cc1. The van der Waals surface area contributed by atoms with Crippen molar-refractivity contribution in [1.29, 1.82) is 0 Å². The fourth-order valence-corrected chi connectivity index (χ4v) is 3.03. The van der Waals surface area contributed by atoms with E-state index in [4.69, 9.17) is 9.47 Å². The molecule has 0 radical (unpaired) electrons. The maximum absolute atomic E-state index is 13.5. The lowest BCUT2D eigenvalue weighted by molar-refractivity contribution is -0.361. The molecule has 8 heteroatoms. The summed E-state index contributed by atoms with van der Waals surface area (Å²) in [6.45, 7) is 1.11. The molecule has 1 unspecified atom stereocenters. The zero-order valence-corrected chi connectivity index (χ0v) is 14.6. The van der Waals surface area contributed by atoms with E-state index in [2.05, 4.69) is 0 Å². The molecule has 2 aromatic carbocycles. The molecular weight excluding hydrogens is 363 g/mol. The van der Waals surface area contributed by atoms with Gasteiger partial charge in [-0.3, -0.25) is 9.69 Å². The van der Waals surface area contributed by atoms with Crippen LogP contribution in [0.2, 0.25) is 0 Å². The highest BCUT2D eigenvalue weighted by Crippen LogP contribution is 2.48. The van der Waals surface area contributed by atoms with Crippen LogP contribution in [-0.2, 0) is 4.74 Å². The van der Waals surface area contributed by atoms with E-state index in [0.717, 1.165) is 11.8 Å². The molecule has 1 N–H and O–H groups in total. The summed E-state index contributed by atoms with van der Waals surface area (Å²) >= 11 is 0. The van der Waals surface area contributed by atoms with Crippen molar-refractivity contribution in [3.8, 4) is 5.75 Å².